The third kappa shape index (κ3) is 3.23. The second kappa shape index (κ2) is 5.29. The van der Waals surface area contributed by atoms with Crippen LogP contribution in [0.15, 0.2) is 24.3 Å². The quantitative estimate of drug-likeness (QED) is 0.466. The minimum absolute atomic E-state index is 0.673. The summed E-state index contributed by atoms with van der Waals surface area (Å²) in [6.45, 7) is 0.835. The van der Waals surface area contributed by atoms with Gasteiger partial charge in [-0.1, -0.05) is 12.1 Å². The predicted molar refractivity (Wildman–Crippen MR) is 55.0 cm³/mol. The molecule has 0 aliphatic carbocycles. The third-order valence-electron chi connectivity index (χ3n) is 1.53. The van der Waals surface area contributed by atoms with Crippen LogP contribution in [-0.4, -0.2) is 18.6 Å². The van der Waals surface area contributed by atoms with Gasteiger partial charge in [0.05, 0.1) is 5.69 Å². The molecule has 1 aromatic rings. The van der Waals surface area contributed by atoms with Gasteiger partial charge in [0.2, 0.25) is 0 Å². The standard InChI is InChI=1S/C9H14N4/c1-11-7-3-5-8-4-2-6-9(12-8)13-10/h2-6,11H,7,10H2,1H3,(H,12,13). The highest BCUT2D eigenvalue weighted by Gasteiger charge is 1.90. The molecule has 0 radical (unpaired) electrons. The average molecular weight is 178 g/mol. The van der Waals surface area contributed by atoms with Crippen molar-refractivity contribution in [3.8, 4) is 0 Å². The van der Waals surface area contributed by atoms with Gasteiger partial charge in [0, 0.05) is 6.54 Å². The summed E-state index contributed by atoms with van der Waals surface area (Å²) in [7, 11) is 1.90. The van der Waals surface area contributed by atoms with E-state index in [1.807, 2.05) is 37.4 Å². The lowest BCUT2D eigenvalue weighted by atomic mass is 10.3. The second-order valence-electron chi connectivity index (χ2n) is 2.55. The molecule has 13 heavy (non-hydrogen) atoms. The van der Waals surface area contributed by atoms with Crippen molar-refractivity contribution in [3.05, 3.63) is 30.0 Å². The number of nitrogens with zero attached hydrogens (tertiary/aromatic N) is 1. The minimum Gasteiger partial charge on any atom is -0.316 e. The molecule has 0 spiro atoms. The molecule has 1 heterocycles. The molecular formula is C9H14N4. The highest BCUT2D eigenvalue weighted by Crippen LogP contribution is 2.04. The topological polar surface area (TPSA) is 63.0 Å². The number of aromatic nitrogens is 1. The number of hydrogen-bond donors (Lipinski definition) is 3. The summed E-state index contributed by atoms with van der Waals surface area (Å²) >= 11 is 0. The highest BCUT2D eigenvalue weighted by atomic mass is 15.2. The van der Waals surface area contributed by atoms with E-state index in [-0.39, 0.29) is 0 Å². The zero-order valence-corrected chi connectivity index (χ0v) is 7.62. The smallest absolute Gasteiger partial charge is 0.140 e. The molecule has 1 rings (SSSR count). The molecule has 0 saturated carbocycles. The number of anilines is 1. The van der Waals surface area contributed by atoms with Crippen LogP contribution in [0.4, 0.5) is 5.82 Å². The Bertz CT molecular complexity index is 283. The van der Waals surface area contributed by atoms with E-state index in [9.17, 15) is 0 Å². The Labute approximate surface area is 77.8 Å². The maximum absolute atomic E-state index is 5.22. The van der Waals surface area contributed by atoms with Crippen LogP contribution in [0.2, 0.25) is 0 Å². The summed E-state index contributed by atoms with van der Waals surface area (Å²) in [5.74, 6) is 5.90. The summed E-state index contributed by atoms with van der Waals surface area (Å²) in [5, 5.41) is 3.01. The van der Waals surface area contributed by atoms with Gasteiger partial charge in [0.15, 0.2) is 0 Å². The molecule has 70 valence electrons. The summed E-state index contributed by atoms with van der Waals surface area (Å²) in [4.78, 5) is 4.21. The fourth-order valence-corrected chi connectivity index (χ4v) is 0.922. The largest absolute Gasteiger partial charge is 0.316 e. The molecule has 4 heteroatoms. The maximum atomic E-state index is 5.22. The Morgan fingerprint density at radius 1 is 1.54 bits per heavy atom. The lowest BCUT2D eigenvalue weighted by molar-refractivity contribution is 0.922. The van der Waals surface area contributed by atoms with Gasteiger partial charge >= 0.3 is 0 Å². The van der Waals surface area contributed by atoms with Crippen molar-refractivity contribution in [3.63, 3.8) is 0 Å². The first kappa shape index (κ1) is 9.70. The number of nitrogen functional groups attached to an aromatic ring is 1. The number of nitrogens with one attached hydrogen (secondary N) is 2. The number of rotatable bonds is 4. The molecule has 0 bridgehead atoms. The van der Waals surface area contributed by atoms with Crippen molar-refractivity contribution in [1.29, 1.82) is 0 Å². The number of hydrogen-bond acceptors (Lipinski definition) is 4. The molecule has 0 aliphatic rings. The first-order valence-electron chi connectivity index (χ1n) is 4.11. The molecule has 0 unspecified atom stereocenters. The number of nitrogens with two attached hydrogens (primary N) is 1. The summed E-state index contributed by atoms with van der Waals surface area (Å²) in [6.07, 6.45) is 3.94. The summed E-state index contributed by atoms with van der Waals surface area (Å²) in [5.41, 5.74) is 3.39. The number of likely N-dealkylation sites (N-methyl/N-ethyl adjacent to an activating group) is 1. The zero-order valence-electron chi connectivity index (χ0n) is 7.62. The lowest BCUT2D eigenvalue weighted by Gasteiger charge is -1.98. The van der Waals surface area contributed by atoms with Crippen molar-refractivity contribution in [1.82, 2.24) is 10.3 Å². The normalized spacial score (nSPS) is 10.6. The van der Waals surface area contributed by atoms with E-state index >= 15 is 0 Å². The first-order chi connectivity index (χ1) is 6.36. The maximum Gasteiger partial charge on any atom is 0.140 e. The SMILES string of the molecule is CNCC=Cc1cccc(NN)n1. The lowest BCUT2D eigenvalue weighted by Crippen LogP contribution is -2.08. The van der Waals surface area contributed by atoms with Crippen molar-refractivity contribution in [2.24, 2.45) is 5.84 Å². The molecular weight excluding hydrogens is 164 g/mol. The van der Waals surface area contributed by atoms with E-state index in [2.05, 4.69) is 15.7 Å². The average Bonchev–Trinajstić information content (AvgIpc) is 2.19. The van der Waals surface area contributed by atoms with Crippen LogP contribution in [0, 0.1) is 0 Å². The van der Waals surface area contributed by atoms with E-state index in [0.717, 1.165) is 12.2 Å². The van der Waals surface area contributed by atoms with Gasteiger partial charge in [-0.3, -0.25) is 0 Å². The fourth-order valence-electron chi connectivity index (χ4n) is 0.922. The molecule has 0 fully saturated rings. The van der Waals surface area contributed by atoms with Gasteiger partial charge in [-0.15, -0.1) is 0 Å². The van der Waals surface area contributed by atoms with Crippen LogP contribution < -0.4 is 16.6 Å². The van der Waals surface area contributed by atoms with Gasteiger partial charge in [-0.2, -0.15) is 0 Å². The monoisotopic (exact) mass is 178 g/mol. The Balaban J connectivity index is 2.66. The molecule has 0 amide bonds. The molecule has 0 aliphatic heterocycles. The Morgan fingerprint density at radius 2 is 2.38 bits per heavy atom. The third-order valence-corrected chi connectivity index (χ3v) is 1.53. The van der Waals surface area contributed by atoms with Crippen LogP contribution in [0.5, 0.6) is 0 Å². The van der Waals surface area contributed by atoms with Crippen molar-refractivity contribution >= 4 is 11.9 Å². The van der Waals surface area contributed by atoms with E-state index in [4.69, 9.17) is 5.84 Å². The molecule has 4 nitrogen and oxygen atoms in total. The van der Waals surface area contributed by atoms with Gasteiger partial charge in [0.25, 0.3) is 0 Å². The van der Waals surface area contributed by atoms with E-state index in [1.165, 1.54) is 0 Å². The predicted octanol–water partition coefficient (Wildman–Crippen LogP) is 0.600. The molecule has 0 aromatic carbocycles. The summed E-state index contributed by atoms with van der Waals surface area (Å²) in [6, 6.07) is 5.64. The molecule has 0 atom stereocenters. The summed E-state index contributed by atoms with van der Waals surface area (Å²) < 4.78 is 0. The Kier molecular flexibility index (Phi) is 3.95. The Hall–Kier alpha value is -1.39. The van der Waals surface area contributed by atoms with Crippen molar-refractivity contribution in [2.45, 2.75) is 0 Å². The van der Waals surface area contributed by atoms with Gasteiger partial charge in [-0.25, -0.2) is 10.8 Å². The van der Waals surface area contributed by atoms with Gasteiger partial charge in [-0.05, 0) is 25.3 Å². The molecule has 0 saturated heterocycles. The van der Waals surface area contributed by atoms with Crippen molar-refractivity contribution in [2.75, 3.05) is 19.0 Å². The van der Waals surface area contributed by atoms with Gasteiger partial charge in [0.1, 0.15) is 5.82 Å². The van der Waals surface area contributed by atoms with Crippen LogP contribution >= 0.6 is 0 Å². The van der Waals surface area contributed by atoms with E-state index in [0.29, 0.717) is 5.82 Å². The number of pyridine rings is 1. The van der Waals surface area contributed by atoms with Crippen LogP contribution in [0.1, 0.15) is 5.69 Å². The fraction of sp³-hybridized carbons (Fsp3) is 0.222. The molecule has 1 aromatic heterocycles. The molecule has 4 N–H and O–H groups in total. The van der Waals surface area contributed by atoms with Crippen LogP contribution in [-0.2, 0) is 0 Å². The van der Waals surface area contributed by atoms with E-state index in [1.54, 1.807) is 0 Å². The van der Waals surface area contributed by atoms with Gasteiger partial charge < -0.3 is 10.7 Å². The zero-order chi connectivity index (χ0) is 9.52. The first-order valence-corrected chi connectivity index (χ1v) is 4.11. The van der Waals surface area contributed by atoms with Crippen LogP contribution in [0.3, 0.4) is 0 Å². The highest BCUT2D eigenvalue weighted by molar-refractivity contribution is 5.48. The number of hydrazine groups is 1. The second-order valence-corrected chi connectivity index (χ2v) is 2.55. The minimum atomic E-state index is 0.673. The van der Waals surface area contributed by atoms with E-state index < -0.39 is 0 Å². The van der Waals surface area contributed by atoms with Crippen molar-refractivity contribution < 1.29 is 0 Å². The Morgan fingerprint density at radius 3 is 3.08 bits per heavy atom. The van der Waals surface area contributed by atoms with Crippen LogP contribution in [0.25, 0.3) is 6.08 Å².